The monoisotopic (exact) mass is 289 g/mol. The lowest BCUT2D eigenvalue weighted by atomic mass is 9.94. The third-order valence-electron chi connectivity index (χ3n) is 4.14. The van der Waals surface area contributed by atoms with E-state index in [1.807, 2.05) is 11.6 Å². The van der Waals surface area contributed by atoms with E-state index in [0.717, 1.165) is 37.2 Å². The van der Waals surface area contributed by atoms with Crippen LogP contribution in [0.2, 0.25) is 0 Å². The Balaban J connectivity index is 1.72. The van der Waals surface area contributed by atoms with Crippen LogP contribution < -0.4 is 5.32 Å². The molecular formula is C17H27N3O. The fourth-order valence-electron chi connectivity index (χ4n) is 2.95. The fraction of sp³-hybridized carbons (Fsp3) is 0.647. The molecule has 0 aliphatic heterocycles. The number of nitrogens with one attached hydrogen (secondary N) is 1. The van der Waals surface area contributed by atoms with Crippen LogP contribution >= 0.6 is 0 Å². The molecule has 4 nitrogen and oxygen atoms in total. The van der Waals surface area contributed by atoms with Crippen LogP contribution in [0.4, 0.5) is 0 Å². The number of rotatable bonds is 6. The second-order valence-corrected chi connectivity index (χ2v) is 6.07. The zero-order valence-corrected chi connectivity index (χ0v) is 13.5. The van der Waals surface area contributed by atoms with E-state index in [1.165, 1.54) is 18.4 Å². The molecule has 1 aromatic rings. The SMILES string of the molecule is Cc1cc(C)n(CCCC(=O)N[C@H](C)C2=CCCCC2)n1. The van der Waals surface area contributed by atoms with Crippen LogP contribution in [-0.4, -0.2) is 21.7 Å². The van der Waals surface area contributed by atoms with Gasteiger partial charge in [0.15, 0.2) is 0 Å². The van der Waals surface area contributed by atoms with Crippen molar-refractivity contribution in [3.63, 3.8) is 0 Å². The van der Waals surface area contributed by atoms with Crippen molar-refractivity contribution in [1.29, 1.82) is 0 Å². The van der Waals surface area contributed by atoms with Gasteiger partial charge in [-0.2, -0.15) is 5.10 Å². The Bertz CT molecular complexity index is 516. The van der Waals surface area contributed by atoms with Crippen LogP contribution in [0.25, 0.3) is 0 Å². The number of allylic oxidation sites excluding steroid dienone is 1. The molecule has 1 aliphatic carbocycles. The van der Waals surface area contributed by atoms with Crippen LogP contribution in [0.3, 0.4) is 0 Å². The van der Waals surface area contributed by atoms with Crippen LogP contribution in [0.15, 0.2) is 17.7 Å². The summed E-state index contributed by atoms with van der Waals surface area (Å²) in [6.45, 7) is 6.95. The van der Waals surface area contributed by atoms with Crippen LogP contribution in [0, 0.1) is 13.8 Å². The summed E-state index contributed by atoms with van der Waals surface area (Å²) in [5, 5.41) is 7.54. The van der Waals surface area contributed by atoms with Gasteiger partial charge in [-0.25, -0.2) is 0 Å². The van der Waals surface area contributed by atoms with Gasteiger partial charge in [-0.3, -0.25) is 9.48 Å². The van der Waals surface area contributed by atoms with Crippen LogP contribution in [-0.2, 0) is 11.3 Å². The number of hydrogen-bond acceptors (Lipinski definition) is 2. The van der Waals surface area contributed by atoms with E-state index < -0.39 is 0 Å². The van der Waals surface area contributed by atoms with Gasteiger partial charge in [-0.15, -0.1) is 0 Å². The van der Waals surface area contributed by atoms with Gasteiger partial charge in [-0.05, 0) is 58.9 Å². The summed E-state index contributed by atoms with van der Waals surface area (Å²) >= 11 is 0. The molecule has 1 atom stereocenters. The number of hydrogen-bond donors (Lipinski definition) is 1. The maximum Gasteiger partial charge on any atom is 0.220 e. The van der Waals surface area contributed by atoms with Gasteiger partial charge >= 0.3 is 0 Å². The average molecular weight is 289 g/mol. The highest BCUT2D eigenvalue weighted by Crippen LogP contribution is 2.20. The zero-order chi connectivity index (χ0) is 15.2. The lowest BCUT2D eigenvalue weighted by Gasteiger charge is -2.20. The molecule has 21 heavy (non-hydrogen) atoms. The maximum atomic E-state index is 12.0. The highest BCUT2D eigenvalue weighted by molar-refractivity contribution is 5.76. The Labute approximate surface area is 127 Å². The van der Waals surface area contributed by atoms with Gasteiger partial charge in [0.2, 0.25) is 5.91 Å². The molecule has 1 N–H and O–H groups in total. The van der Waals surface area contributed by atoms with Crippen molar-refractivity contribution in [3.8, 4) is 0 Å². The van der Waals surface area contributed by atoms with Crippen LogP contribution in [0.5, 0.6) is 0 Å². The molecule has 1 aromatic heterocycles. The van der Waals surface area contributed by atoms with E-state index in [-0.39, 0.29) is 11.9 Å². The first-order valence-corrected chi connectivity index (χ1v) is 8.05. The number of aromatic nitrogens is 2. The largest absolute Gasteiger partial charge is 0.350 e. The normalized spacial score (nSPS) is 16.4. The molecule has 1 aliphatic rings. The fourth-order valence-corrected chi connectivity index (χ4v) is 2.95. The lowest BCUT2D eigenvalue weighted by Crippen LogP contribution is -2.34. The highest BCUT2D eigenvalue weighted by Gasteiger charge is 2.13. The molecule has 0 fully saturated rings. The summed E-state index contributed by atoms with van der Waals surface area (Å²) in [6.07, 6.45) is 8.53. The van der Waals surface area contributed by atoms with E-state index in [9.17, 15) is 4.79 Å². The minimum Gasteiger partial charge on any atom is -0.350 e. The zero-order valence-electron chi connectivity index (χ0n) is 13.5. The number of aryl methyl sites for hydroxylation is 3. The minimum absolute atomic E-state index is 0.149. The first-order valence-electron chi connectivity index (χ1n) is 8.05. The Morgan fingerprint density at radius 2 is 2.24 bits per heavy atom. The van der Waals surface area contributed by atoms with E-state index >= 15 is 0 Å². The Morgan fingerprint density at radius 3 is 2.86 bits per heavy atom. The average Bonchev–Trinajstić information content (AvgIpc) is 2.78. The quantitative estimate of drug-likeness (QED) is 0.817. The highest BCUT2D eigenvalue weighted by atomic mass is 16.1. The topological polar surface area (TPSA) is 46.9 Å². The Morgan fingerprint density at radius 1 is 1.43 bits per heavy atom. The lowest BCUT2D eigenvalue weighted by molar-refractivity contribution is -0.121. The van der Waals surface area contributed by atoms with E-state index in [0.29, 0.717) is 6.42 Å². The molecular weight excluding hydrogens is 262 g/mol. The second-order valence-electron chi connectivity index (χ2n) is 6.07. The molecule has 0 aromatic carbocycles. The van der Waals surface area contributed by atoms with Crippen molar-refractivity contribution < 1.29 is 4.79 Å². The van der Waals surface area contributed by atoms with Crippen molar-refractivity contribution in [2.45, 2.75) is 71.9 Å². The number of amides is 1. The van der Waals surface area contributed by atoms with Gasteiger partial charge in [0, 0.05) is 24.7 Å². The summed E-state index contributed by atoms with van der Waals surface area (Å²) in [5.74, 6) is 0.149. The van der Waals surface area contributed by atoms with Gasteiger partial charge in [-0.1, -0.05) is 11.6 Å². The standard InChI is InChI=1S/C17H27N3O/c1-13-12-14(2)20(19-13)11-7-10-17(21)18-15(3)16-8-5-4-6-9-16/h8,12,15H,4-7,9-11H2,1-3H3,(H,18,21)/t15-/m1/s1. The molecule has 0 saturated carbocycles. The first-order chi connectivity index (χ1) is 10.1. The molecule has 116 valence electrons. The van der Waals surface area contributed by atoms with Crippen molar-refractivity contribution in [3.05, 3.63) is 29.1 Å². The Hall–Kier alpha value is -1.58. The molecule has 0 bridgehead atoms. The van der Waals surface area contributed by atoms with E-state index in [4.69, 9.17) is 0 Å². The third-order valence-corrected chi connectivity index (χ3v) is 4.14. The summed E-state index contributed by atoms with van der Waals surface area (Å²) in [7, 11) is 0. The summed E-state index contributed by atoms with van der Waals surface area (Å²) in [6, 6.07) is 2.25. The molecule has 0 unspecified atom stereocenters. The minimum atomic E-state index is 0.149. The smallest absolute Gasteiger partial charge is 0.220 e. The van der Waals surface area contributed by atoms with Gasteiger partial charge in [0.1, 0.15) is 0 Å². The summed E-state index contributed by atoms with van der Waals surface area (Å²) < 4.78 is 1.98. The number of carbonyl (C=O) groups is 1. The van der Waals surface area contributed by atoms with Gasteiger partial charge in [0.25, 0.3) is 0 Å². The molecule has 1 heterocycles. The second kappa shape index (κ2) is 7.43. The molecule has 0 spiro atoms. The number of carbonyl (C=O) groups excluding carboxylic acids is 1. The number of nitrogens with zero attached hydrogens (tertiary/aromatic N) is 2. The van der Waals surface area contributed by atoms with Crippen molar-refractivity contribution >= 4 is 5.91 Å². The van der Waals surface area contributed by atoms with Crippen molar-refractivity contribution in [2.75, 3.05) is 0 Å². The summed E-state index contributed by atoms with van der Waals surface area (Å²) in [5.41, 5.74) is 3.59. The molecule has 1 amide bonds. The molecule has 4 heteroatoms. The predicted molar refractivity (Wildman–Crippen MR) is 85.1 cm³/mol. The summed E-state index contributed by atoms with van der Waals surface area (Å²) in [4.78, 5) is 12.0. The molecule has 2 rings (SSSR count). The van der Waals surface area contributed by atoms with Crippen LogP contribution in [0.1, 0.15) is 56.8 Å². The Kier molecular flexibility index (Phi) is 5.59. The van der Waals surface area contributed by atoms with Crippen molar-refractivity contribution in [2.24, 2.45) is 0 Å². The molecule has 0 saturated heterocycles. The maximum absolute atomic E-state index is 12.0. The van der Waals surface area contributed by atoms with Gasteiger partial charge < -0.3 is 5.32 Å². The predicted octanol–water partition coefficient (Wildman–Crippen LogP) is 3.29. The first kappa shape index (κ1) is 15.8. The third kappa shape index (κ3) is 4.73. The van der Waals surface area contributed by atoms with E-state index in [2.05, 4.69) is 36.4 Å². The molecule has 0 radical (unpaired) electrons. The van der Waals surface area contributed by atoms with Gasteiger partial charge in [0.05, 0.1) is 5.69 Å². The van der Waals surface area contributed by atoms with E-state index in [1.54, 1.807) is 0 Å². The van der Waals surface area contributed by atoms with Crippen molar-refractivity contribution in [1.82, 2.24) is 15.1 Å².